The molecule has 0 aliphatic carbocycles. The first-order chi connectivity index (χ1) is 7.75. The minimum absolute atomic E-state index is 0.849. The van der Waals surface area contributed by atoms with Gasteiger partial charge >= 0.3 is 0 Å². The zero-order chi connectivity index (χ0) is 11.4. The SMILES string of the molecule is Nc1ccc(Br)c(CN2CCCSCC2)c1. The minimum atomic E-state index is 0.849. The lowest BCUT2D eigenvalue weighted by Gasteiger charge is -2.20. The Morgan fingerprint density at radius 2 is 2.19 bits per heavy atom. The molecule has 1 aliphatic rings. The number of nitrogen functional groups attached to an aromatic ring is 1. The van der Waals surface area contributed by atoms with E-state index in [0.717, 1.165) is 12.2 Å². The Morgan fingerprint density at radius 3 is 3.06 bits per heavy atom. The number of hydrogen-bond donors (Lipinski definition) is 1. The number of benzene rings is 1. The standard InChI is InChI=1S/C12H17BrN2S/c13-12-3-2-11(14)8-10(12)9-15-4-1-6-16-7-5-15/h2-3,8H,1,4-7,9,14H2. The number of nitrogens with zero attached hydrogens (tertiary/aromatic N) is 1. The first-order valence-corrected chi connectivity index (χ1v) is 7.54. The van der Waals surface area contributed by atoms with Crippen molar-refractivity contribution in [1.82, 2.24) is 4.90 Å². The van der Waals surface area contributed by atoms with Crippen molar-refractivity contribution in [2.45, 2.75) is 13.0 Å². The van der Waals surface area contributed by atoms with Gasteiger partial charge in [-0.05, 0) is 42.5 Å². The normalized spacial score (nSPS) is 18.3. The Kier molecular flexibility index (Phi) is 4.55. The lowest BCUT2D eigenvalue weighted by Crippen LogP contribution is -2.25. The summed E-state index contributed by atoms with van der Waals surface area (Å²) < 4.78 is 1.17. The molecule has 0 spiro atoms. The van der Waals surface area contributed by atoms with E-state index in [4.69, 9.17) is 5.73 Å². The van der Waals surface area contributed by atoms with Crippen LogP contribution in [0.4, 0.5) is 5.69 Å². The second kappa shape index (κ2) is 5.94. The predicted molar refractivity (Wildman–Crippen MR) is 75.8 cm³/mol. The molecular weight excluding hydrogens is 284 g/mol. The molecule has 16 heavy (non-hydrogen) atoms. The van der Waals surface area contributed by atoms with E-state index in [0.29, 0.717) is 0 Å². The van der Waals surface area contributed by atoms with E-state index in [2.05, 4.69) is 38.7 Å². The third-order valence-corrected chi connectivity index (χ3v) is 4.60. The van der Waals surface area contributed by atoms with Gasteiger partial charge in [0.1, 0.15) is 0 Å². The molecule has 1 saturated heterocycles. The number of rotatable bonds is 2. The summed E-state index contributed by atoms with van der Waals surface area (Å²) in [4.78, 5) is 2.51. The van der Waals surface area contributed by atoms with Gasteiger partial charge in [-0.1, -0.05) is 15.9 Å². The van der Waals surface area contributed by atoms with Gasteiger partial charge in [-0.25, -0.2) is 0 Å². The van der Waals surface area contributed by atoms with Crippen molar-refractivity contribution in [2.24, 2.45) is 0 Å². The van der Waals surface area contributed by atoms with Crippen LogP contribution in [0.3, 0.4) is 0 Å². The second-order valence-corrected chi connectivity index (χ2v) is 6.17. The fourth-order valence-corrected chi connectivity index (χ4v) is 3.21. The van der Waals surface area contributed by atoms with Crippen molar-refractivity contribution in [1.29, 1.82) is 0 Å². The maximum absolute atomic E-state index is 5.82. The average Bonchev–Trinajstić information content (AvgIpc) is 2.52. The molecule has 1 aromatic rings. The second-order valence-electron chi connectivity index (χ2n) is 4.09. The van der Waals surface area contributed by atoms with Crippen molar-refractivity contribution in [3.8, 4) is 0 Å². The van der Waals surface area contributed by atoms with Gasteiger partial charge in [-0.2, -0.15) is 11.8 Å². The molecular formula is C12H17BrN2S. The molecule has 2 N–H and O–H groups in total. The van der Waals surface area contributed by atoms with Crippen LogP contribution in [0.1, 0.15) is 12.0 Å². The minimum Gasteiger partial charge on any atom is -0.399 e. The maximum Gasteiger partial charge on any atom is 0.0318 e. The summed E-state index contributed by atoms with van der Waals surface area (Å²) in [5.74, 6) is 2.55. The number of hydrogen-bond acceptors (Lipinski definition) is 3. The fraction of sp³-hybridized carbons (Fsp3) is 0.500. The number of nitrogens with two attached hydrogens (primary N) is 1. The van der Waals surface area contributed by atoms with E-state index in [-0.39, 0.29) is 0 Å². The molecule has 0 radical (unpaired) electrons. The van der Waals surface area contributed by atoms with Crippen molar-refractivity contribution in [2.75, 3.05) is 30.3 Å². The molecule has 0 bridgehead atoms. The third kappa shape index (κ3) is 3.40. The first-order valence-electron chi connectivity index (χ1n) is 5.60. The maximum atomic E-state index is 5.82. The van der Waals surface area contributed by atoms with E-state index < -0.39 is 0 Å². The Morgan fingerprint density at radius 1 is 1.31 bits per heavy atom. The summed E-state index contributed by atoms with van der Waals surface area (Å²) in [6, 6.07) is 6.05. The molecule has 88 valence electrons. The fourth-order valence-electron chi connectivity index (χ4n) is 1.91. The monoisotopic (exact) mass is 300 g/mol. The number of thioether (sulfide) groups is 1. The van der Waals surface area contributed by atoms with Gasteiger partial charge in [0.25, 0.3) is 0 Å². The summed E-state index contributed by atoms with van der Waals surface area (Å²) in [5, 5.41) is 0. The molecule has 1 aliphatic heterocycles. The smallest absolute Gasteiger partial charge is 0.0318 e. The van der Waals surface area contributed by atoms with Crippen LogP contribution < -0.4 is 5.73 Å². The van der Waals surface area contributed by atoms with Crippen LogP contribution >= 0.6 is 27.7 Å². The molecule has 0 unspecified atom stereocenters. The lowest BCUT2D eigenvalue weighted by molar-refractivity contribution is 0.287. The van der Waals surface area contributed by atoms with E-state index in [1.54, 1.807) is 0 Å². The van der Waals surface area contributed by atoms with Crippen molar-refractivity contribution in [3.05, 3.63) is 28.2 Å². The Balaban J connectivity index is 2.04. The molecule has 2 rings (SSSR count). The average molecular weight is 301 g/mol. The van der Waals surface area contributed by atoms with Gasteiger partial charge in [0.15, 0.2) is 0 Å². The highest BCUT2D eigenvalue weighted by molar-refractivity contribution is 9.10. The van der Waals surface area contributed by atoms with E-state index in [1.807, 2.05) is 12.1 Å². The van der Waals surface area contributed by atoms with E-state index in [1.165, 1.54) is 41.1 Å². The van der Waals surface area contributed by atoms with Crippen LogP contribution in [0, 0.1) is 0 Å². The largest absolute Gasteiger partial charge is 0.399 e. The van der Waals surface area contributed by atoms with Gasteiger partial charge in [-0.3, -0.25) is 4.90 Å². The Labute approximate surface area is 110 Å². The van der Waals surface area contributed by atoms with Gasteiger partial charge in [0.2, 0.25) is 0 Å². The van der Waals surface area contributed by atoms with Crippen LogP contribution in [0.5, 0.6) is 0 Å². The summed E-state index contributed by atoms with van der Waals surface area (Å²) in [7, 11) is 0. The lowest BCUT2D eigenvalue weighted by atomic mass is 10.2. The number of anilines is 1. The van der Waals surface area contributed by atoms with Gasteiger partial charge in [0, 0.05) is 29.0 Å². The van der Waals surface area contributed by atoms with Crippen molar-refractivity contribution in [3.63, 3.8) is 0 Å². The molecule has 0 saturated carbocycles. The molecule has 0 atom stereocenters. The summed E-state index contributed by atoms with van der Waals surface area (Å²) >= 11 is 5.65. The zero-order valence-electron chi connectivity index (χ0n) is 9.29. The summed E-state index contributed by atoms with van der Waals surface area (Å²) in [6.45, 7) is 3.40. The first kappa shape index (κ1) is 12.3. The van der Waals surface area contributed by atoms with Crippen LogP contribution in [-0.4, -0.2) is 29.5 Å². The quantitative estimate of drug-likeness (QED) is 0.852. The van der Waals surface area contributed by atoms with Gasteiger partial charge < -0.3 is 5.73 Å². The zero-order valence-corrected chi connectivity index (χ0v) is 11.7. The van der Waals surface area contributed by atoms with Crippen LogP contribution in [0.15, 0.2) is 22.7 Å². The molecule has 4 heteroatoms. The van der Waals surface area contributed by atoms with Crippen molar-refractivity contribution >= 4 is 33.4 Å². The van der Waals surface area contributed by atoms with Crippen LogP contribution in [-0.2, 0) is 6.54 Å². The van der Waals surface area contributed by atoms with E-state index in [9.17, 15) is 0 Å². The highest BCUT2D eigenvalue weighted by atomic mass is 79.9. The van der Waals surface area contributed by atoms with Gasteiger partial charge in [-0.15, -0.1) is 0 Å². The highest BCUT2D eigenvalue weighted by Crippen LogP contribution is 2.22. The molecule has 0 amide bonds. The highest BCUT2D eigenvalue weighted by Gasteiger charge is 2.11. The Hall–Kier alpha value is -0.190. The van der Waals surface area contributed by atoms with Gasteiger partial charge in [0.05, 0.1) is 0 Å². The van der Waals surface area contributed by atoms with Crippen molar-refractivity contribution < 1.29 is 0 Å². The topological polar surface area (TPSA) is 29.3 Å². The molecule has 1 heterocycles. The van der Waals surface area contributed by atoms with Crippen LogP contribution in [0.25, 0.3) is 0 Å². The predicted octanol–water partition coefficient (Wildman–Crippen LogP) is 2.97. The summed E-state index contributed by atoms with van der Waals surface area (Å²) in [5.41, 5.74) is 7.97. The molecule has 0 aromatic heterocycles. The summed E-state index contributed by atoms with van der Waals surface area (Å²) in [6.07, 6.45) is 1.30. The van der Waals surface area contributed by atoms with E-state index >= 15 is 0 Å². The Bertz CT molecular complexity index is 349. The molecule has 1 aromatic carbocycles. The van der Waals surface area contributed by atoms with Crippen LogP contribution in [0.2, 0.25) is 0 Å². The molecule has 2 nitrogen and oxygen atoms in total. The number of halogens is 1. The molecule has 1 fully saturated rings. The third-order valence-electron chi connectivity index (χ3n) is 2.78.